The van der Waals surface area contributed by atoms with Crippen molar-refractivity contribution in [3.8, 4) is 5.69 Å². The molecule has 1 N–H and O–H groups in total. The number of thiocarbonyl (C=S) groups is 1. The van der Waals surface area contributed by atoms with Gasteiger partial charge >= 0.3 is 0 Å². The molecule has 0 saturated carbocycles. The zero-order chi connectivity index (χ0) is 21.3. The highest BCUT2D eigenvalue weighted by Crippen LogP contribution is 2.33. The minimum Gasteiger partial charge on any atom is -0.318 e. The van der Waals surface area contributed by atoms with Crippen molar-refractivity contribution in [3.05, 3.63) is 94.1 Å². The van der Waals surface area contributed by atoms with Crippen LogP contribution in [0.5, 0.6) is 0 Å². The lowest BCUT2D eigenvalue weighted by molar-refractivity contribution is -0.123. The van der Waals surface area contributed by atoms with E-state index in [1.807, 2.05) is 62.4 Å². The van der Waals surface area contributed by atoms with Crippen molar-refractivity contribution in [3.63, 3.8) is 0 Å². The van der Waals surface area contributed by atoms with Crippen molar-refractivity contribution in [2.75, 3.05) is 0 Å². The number of para-hydroxylation sites is 1. The lowest BCUT2D eigenvalue weighted by Gasteiger charge is -2.15. The van der Waals surface area contributed by atoms with E-state index in [0.29, 0.717) is 14.8 Å². The Bertz CT molecular complexity index is 1170. The second-order valence-corrected chi connectivity index (χ2v) is 8.50. The molecule has 0 radical (unpaired) electrons. The molecule has 1 aliphatic rings. The van der Waals surface area contributed by atoms with Crippen LogP contribution in [0.15, 0.2) is 71.6 Å². The molecule has 1 saturated heterocycles. The summed E-state index contributed by atoms with van der Waals surface area (Å²) in [6.45, 7) is 4.05. The van der Waals surface area contributed by atoms with Crippen molar-refractivity contribution < 1.29 is 9.59 Å². The fourth-order valence-electron chi connectivity index (χ4n) is 3.37. The Kier molecular flexibility index (Phi) is 5.57. The molecular formula is C23H19N3O2S2. The van der Waals surface area contributed by atoms with Gasteiger partial charge in [-0.3, -0.25) is 15.0 Å². The summed E-state index contributed by atoms with van der Waals surface area (Å²) in [4.78, 5) is 25.8. The van der Waals surface area contributed by atoms with E-state index < -0.39 is 0 Å². The van der Waals surface area contributed by atoms with E-state index in [9.17, 15) is 9.59 Å². The quantitative estimate of drug-likeness (QED) is 0.481. The molecule has 0 aliphatic carbocycles. The van der Waals surface area contributed by atoms with Crippen molar-refractivity contribution >= 4 is 46.2 Å². The van der Waals surface area contributed by atoms with Gasteiger partial charge in [-0.1, -0.05) is 48.2 Å². The van der Waals surface area contributed by atoms with Gasteiger partial charge in [0.2, 0.25) is 0 Å². The number of thioether (sulfide) groups is 1. The average Bonchev–Trinajstić information content (AvgIpc) is 3.18. The second kappa shape index (κ2) is 8.30. The second-order valence-electron chi connectivity index (χ2n) is 6.82. The first-order valence-corrected chi connectivity index (χ1v) is 10.6. The Morgan fingerprint density at radius 1 is 1.03 bits per heavy atom. The monoisotopic (exact) mass is 433 g/mol. The van der Waals surface area contributed by atoms with Crippen LogP contribution in [0.2, 0.25) is 0 Å². The van der Waals surface area contributed by atoms with Crippen LogP contribution in [-0.2, 0) is 4.79 Å². The van der Waals surface area contributed by atoms with Gasteiger partial charge in [0, 0.05) is 22.6 Å². The molecule has 1 aliphatic heterocycles. The summed E-state index contributed by atoms with van der Waals surface area (Å²) >= 11 is 6.51. The smallest absolute Gasteiger partial charge is 0.285 e. The average molecular weight is 434 g/mol. The summed E-state index contributed by atoms with van der Waals surface area (Å²) in [7, 11) is 0. The topological polar surface area (TPSA) is 54.3 Å². The predicted octanol–water partition coefficient (Wildman–Crippen LogP) is 4.64. The first kappa shape index (κ1) is 20.1. The molecule has 30 heavy (non-hydrogen) atoms. The molecule has 1 aromatic heterocycles. The van der Waals surface area contributed by atoms with Crippen LogP contribution in [0, 0.1) is 13.8 Å². The van der Waals surface area contributed by atoms with E-state index in [4.69, 9.17) is 12.2 Å². The SMILES string of the molecule is Cc1cc(/C=C2\SC(=S)N(NC(=O)c3ccccc3)C2=O)c(C)n1-c1ccccc1. The number of aryl methyl sites for hydroxylation is 1. The molecule has 2 amide bonds. The third-order valence-corrected chi connectivity index (χ3v) is 6.12. The van der Waals surface area contributed by atoms with Gasteiger partial charge in [-0.15, -0.1) is 0 Å². The summed E-state index contributed by atoms with van der Waals surface area (Å²) in [5, 5.41) is 1.14. The number of nitrogens with zero attached hydrogens (tertiary/aromatic N) is 2. The standard InChI is InChI=1S/C23H19N3O2S2/c1-15-13-18(16(2)25(15)19-11-7-4-8-12-19)14-20-22(28)26(23(29)30-20)24-21(27)17-9-5-3-6-10-17/h3-14H,1-2H3,(H,24,27)/b20-14-. The van der Waals surface area contributed by atoms with Crippen LogP contribution in [0.25, 0.3) is 11.8 Å². The summed E-state index contributed by atoms with van der Waals surface area (Å²) in [5.41, 5.74) is 7.16. The van der Waals surface area contributed by atoms with Crippen LogP contribution >= 0.6 is 24.0 Å². The van der Waals surface area contributed by atoms with Gasteiger partial charge in [-0.2, -0.15) is 5.01 Å². The Morgan fingerprint density at radius 3 is 2.33 bits per heavy atom. The fourth-order valence-corrected chi connectivity index (χ4v) is 4.54. The van der Waals surface area contributed by atoms with E-state index in [1.54, 1.807) is 24.3 Å². The number of carbonyl (C=O) groups excluding carboxylic acids is 2. The van der Waals surface area contributed by atoms with Crippen molar-refractivity contribution in [2.24, 2.45) is 0 Å². The Labute approximate surface area is 184 Å². The first-order valence-electron chi connectivity index (χ1n) is 9.34. The number of hydrazine groups is 1. The molecule has 0 spiro atoms. The summed E-state index contributed by atoms with van der Waals surface area (Å²) in [6.07, 6.45) is 1.83. The van der Waals surface area contributed by atoms with Crippen molar-refractivity contribution in [1.82, 2.24) is 15.0 Å². The Hall–Kier alpha value is -3.16. The molecule has 0 unspecified atom stereocenters. The maximum Gasteiger partial charge on any atom is 0.285 e. The molecular weight excluding hydrogens is 414 g/mol. The highest BCUT2D eigenvalue weighted by atomic mass is 32.2. The zero-order valence-electron chi connectivity index (χ0n) is 16.5. The molecule has 2 heterocycles. The Morgan fingerprint density at radius 2 is 1.67 bits per heavy atom. The first-order chi connectivity index (χ1) is 14.5. The minimum absolute atomic E-state index is 0.299. The Balaban J connectivity index is 1.59. The largest absolute Gasteiger partial charge is 0.318 e. The third kappa shape index (κ3) is 3.81. The number of benzene rings is 2. The molecule has 1 fully saturated rings. The number of amides is 2. The molecule has 7 heteroatoms. The van der Waals surface area contributed by atoms with Crippen LogP contribution in [0.4, 0.5) is 0 Å². The summed E-state index contributed by atoms with van der Waals surface area (Å²) in [6, 6.07) is 20.8. The molecule has 150 valence electrons. The number of aromatic nitrogens is 1. The zero-order valence-corrected chi connectivity index (χ0v) is 18.1. The van der Waals surface area contributed by atoms with Gasteiger partial charge in [-0.25, -0.2) is 0 Å². The normalized spacial score (nSPS) is 15.1. The van der Waals surface area contributed by atoms with Gasteiger partial charge in [0.1, 0.15) is 0 Å². The lowest BCUT2D eigenvalue weighted by Crippen LogP contribution is -2.44. The van der Waals surface area contributed by atoms with E-state index >= 15 is 0 Å². The molecule has 2 aromatic carbocycles. The molecule has 4 rings (SSSR count). The van der Waals surface area contributed by atoms with E-state index in [1.165, 1.54) is 11.8 Å². The van der Waals surface area contributed by atoms with E-state index in [2.05, 4.69) is 9.99 Å². The third-order valence-electron chi connectivity index (χ3n) is 4.81. The highest BCUT2D eigenvalue weighted by Gasteiger charge is 2.34. The number of nitrogens with one attached hydrogen (secondary N) is 1. The molecule has 0 atom stereocenters. The maximum atomic E-state index is 12.9. The van der Waals surface area contributed by atoms with Gasteiger partial charge in [0.15, 0.2) is 4.32 Å². The van der Waals surface area contributed by atoms with E-state index in [-0.39, 0.29) is 11.8 Å². The van der Waals surface area contributed by atoms with Gasteiger partial charge in [-0.05, 0) is 68.0 Å². The number of hydrogen-bond donors (Lipinski definition) is 1. The summed E-state index contributed by atoms with van der Waals surface area (Å²) in [5.74, 6) is -0.714. The maximum absolute atomic E-state index is 12.9. The number of rotatable bonds is 4. The minimum atomic E-state index is -0.379. The highest BCUT2D eigenvalue weighted by molar-refractivity contribution is 8.26. The summed E-state index contributed by atoms with van der Waals surface area (Å²) < 4.78 is 2.44. The van der Waals surface area contributed by atoms with Crippen molar-refractivity contribution in [2.45, 2.75) is 13.8 Å². The fraction of sp³-hybridized carbons (Fsp3) is 0.0870. The predicted molar refractivity (Wildman–Crippen MR) is 124 cm³/mol. The van der Waals surface area contributed by atoms with E-state index in [0.717, 1.165) is 27.6 Å². The van der Waals surface area contributed by atoms with Gasteiger partial charge in [0.05, 0.1) is 4.91 Å². The molecule has 3 aromatic rings. The lowest BCUT2D eigenvalue weighted by atomic mass is 10.2. The van der Waals surface area contributed by atoms with Crippen molar-refractivity contribution in [1.29, 1.82) is 0 Å². The van der Waals surface area contributed by atoms with Crippen LogP contribution in [0.3, 0.4) is 0 Å². The van der Waals surface area contributed by atoms with Gasteiger partial charge < -0.3 is 4.57 Å². The molecule has 5 nitrogen and oxygen atoms in total. The number of carbonyl (C=O) groups is 2. The van der Waals surface area contributed by atoms with Crippen LogP contribution in [-0.4, -0.2) is 25.7 Å². The van der Waals surface area contributed by atoms with Crippen LogP contribution < -0.4 is 5.43 Å². The van der Waals surface area contributed by atoms with Gasteiger partial charge in [0.25, 0.3) is 11.8 Å². The molecule has 0 bridgehead atoms. The van der Waals surface area contributed by atoms with Crippen LogP contribution in [0.1, 0.15) is 27.3 Å². The number of hydrogen-bond acceptors (Lipinski definition) is 4.